The van der Waals surface area contributed by atoms with Crippen LogP contribution < -0.4 is 5.43 Å². The lowest BCUT2D eigenvalue weighted by Gasteiger charge is -2.08. The summed E-state index contributed by atoms with van der Waals surface area (Å²) in [7, 11) is 0. The maximum atomic E-state index is 4.30. The molecule has 0 bridgehead atoms. The number of aryl methyl sites for hydroxylation is 1. The summed E-state index contributed by atoms with van der Waals surface area (Å²) in [6, 6.07) is 8.98. The molecule has 4 nitrogen and oxygen atoms in total. The van der Waals surface area contributed by atoms with Crippen molar-refractivity contribution in [3.63, 3.8) is 0 Å². The summed E-state index contributed by atoms with van der Waals surface area (Å²) in [5.41, 5.74) is 6.29. The van der Waals surface area contributed by atoms with Gasteiger partial charge in [-0.1, -0.05) is 6.07 Å². The van der Waals surface area contributed by atoms with Gasteiger partial charge in [-0.15, -0.1) is 11.3 Å². The molecule has 0 aliphatic heterocycles. The van der Waals surface area contributed by atoms with Gasteiger partial charge >= 0.3 is 0 Å². The van der Waals surface area contributed by atoms with Crippen molar-refractivity contribution in [1.29, 1.82) is 0 Å². The first-order chi connectivity index (χ1) is 10.1. The molecule has 0 saturated carbocycles. The van der Waals surface area contributed by atoms with Crippen LogP contribution in [0.1, 0.15) is 31.1 Å². The molecule has 2 aromatic heterocycles. The van der Waals surface area contributed by atoms with E-state index in [1.165, 1.54) is 10.9 Å². The summed E-state index contributed by atoms with van der Waals surface area (Å²) in [6.07, 6.45) is 3.95. The molecule has 2 heterocycles. The van der Waals surface area contributed by atoms with Gasteiger partial charge in [0.1, 0.15) is 0 Å². The van der Waals surface area contributed by atoms with Crippen LogP contribution in [0.5, 0.6) is 0 Å². The van der Waals surface area contributed by atoms with E-state index in [4.69, 9.17) is 0 Å². The van der Waals surface area contributed by atoms with Crippen molar-refractivity contribution in [2.45, 2.75) is 26.8 Å². The average molecular weight is 298 g/mol. The second kappa shape index (κ2) is 5.69. The number of anilines is 1. The largest absolute Gasteiger partial charge is 0.345 e. The van der Waals surface area contributed by atoms with Crippen LogP contribution in [0.25, 0.3) is 10.9 Å². The van der Waals surface area contributed by atoms with Crippen LogP contribution in [0.15, 0.2) is 40.9 Å². The SMILES string of the molecule is Cc1csc(NN=Cc2ccc3c(ccn3C(C)C)c2)n1. The van der Waals surface area contributed by atoms with Gasteiger partial charge in [0.2, 0.25) is 5.13 Å². The van der Waals surface area contributed by atoms with E-state index >= 15 is 0 Å². The first kappa shape index (κ1) is 13.8. The smallest absolute Gasteiger partial charge is 0.203 e. The van der Waals surface area contributed by atoms with E-state index in [0.29, 0.717) is 6.04 Å². The monoisotopic (exact) mass is 298 g/mol. The zero-order valence-corrected chi connectivity index (χ0v) is 13.2. The molecule has 0 aliphatic rings. The highest BCUT2D eigenvalue weighted by Gasteiger charge is 2.04. The Balaban J connectivity index is 1.78. The predicted molar refractivity (Wildman–Crippen MR) is 90.4 cm³/mol. The second-order valence-electron chi connectivity index (χ2n) is 5.30. The van der Waals surface area contributed by atoms with Gasteiger partial charge in [-0.2, -0.15) is 5.10 Å². The van der Waals surface area contributed by atoms with E-state index in [0.717, 1.165) is 16.4 Å². The maximum Gasteiger partial charge on any atom is 0.203 e. The Morgan fingerprint density at radius 3 is 2.90 bits per heavy atom. The third kappa shape index (κ3) is 2.97. The van der Waals surface area contributed by atoms with Gasteiger partial charge in [0, 0.05) is 28.5 Å². The number of thiazole rings is 1. The first-order valence-electron chi connectivity index (χ1n) is 6.95. The van der Waals surface area contributed by atoms with Gasteiger partial charge in [0.05, 0.1) is 11.9 Å². The van der Waals surface area contributed by atoms with Crippen LogP contribution in [-0.2, 0) is 0 Å². The molecule has 0 aliphatic carbocycles. The lowest BCUT2D eigenvalue weighted by atomic mass is 10.2. The third-order valence-electron chi connectivity index (χ3n) is 3.29. The highest BCUT2D eigenvalue weighted by Crippen LogP contribution is 2.21. The normalized spacial score (nSPS) is 11.8. The topological polar surface area (TPSA) is 42.2 Å². The number of rotatable bonds is 4. The molecule has 1 N–H and O–H groups in total. The number of nitrogens with one attached hydrogen (secondary N) is 1. The molecule has 0 atom stereocenters. The van der Waals surface area contributed by atoms with Crippen molar-refractivity contribution in [3.8, 4) is 0 Å². The van der Waals surface area contributed by atoms with E-state index in [9.17, 15) is 0 Å². The molecule has 0 unspecified atom stereocenters. The van der Waals surface area contributed by atoms with Crippen molar-refractivity contribution >= 4 is 33.6 Å². The van der Waals surface area contributed by atoms with Crippen LogP contribution in [0, 0.1) is 6.92 Å². The van der Waals surface area contributed by atoms with Crippen molar-refractivity contribution in [3.05, 3.63) is 47.1 Å². The first-order valence-corrected chi connectivity index (χ1v) is 7.83. The number of hydrogen-bond acceptors (Lipinski definition) is 4. The highest BCUT2D eigenvalue weighted by molar-refractivity contribution is 7.13. The fourth-order valence-corrected chi connectivity index (χ4v) is 2.92. The quantitative estimate of drug-likeness (QED) is 0.572. The van der Waals surface area contributed by atoms with Crippen LogP contribution in [0.3, 0.4) is 0 Å². The molecule has 0 fully saturated rings. The fourth-order valence-electron chi connectivity index (χ4n) is 2.28. The number of aromatic nitrogens is 2. The van der Waals surface area contributed by atoms with E-state index in [-0.39, 0.29) is 0 Å². The standard InChI is InChI=1S/C16H18N4S/c1-11(2)20-7-6-14-8-13(4-5-15(14)20)9-17-19-16-18-12(3)10-21-16/h4-11H,1-3H3,(H,18,19). The Hall–Kier alpha value is -2.14. The van der Waals surface area contributed by atoms with Gasteiger partial charge in [-0.3, -0.25) is 5.43 Å². The number of fused-ring (bicyclic) bond motifs is 1. The number of nitrogens with zero attached hydrogens (tertiary/aromatic N) is 3. The van der Waals surface area contributed by atoms with Crippen LogP contribution in [0.4, 0.5) is 5.13 Å². The maximum absolute atomic E-state index is 4.30. The van der Waals surface area contributed by atoms with Gasteiger partial charge in [0.25, 0.3) is 0 Å². The molecule has 0 radical (unpaired) electrons. The summed E-state index contributed by atoms with van der Waals surface area (Å²) in [5, 5.41) is 8.29. The molecule has 0 spiro atoms. The van der Waals surface area contributed by atoms with Crippen molar-refractivity contribution in [2.75, 3.05) is 5.43 Å². The zero-order chi connectivity index (χ0) is 14.8. The molecular weight excluding hydrogens is 280 g/mol. The van der Waals surface area contributed by atoms with E-state index in [2.05, 4.69) is 64.4 Å². The molecule has 0 saturated heterocycles. The van der Waals surface area contributed by atoms with Gasteiger partial charge < -0.3 is 4.57 Å². The third-order valence-corrected chi connectivity index (χ3v) is 4.16. The van der Waals surface area contributed by atoms with Crippen molar-refractivity contribution < 1.29 is 0 Å². The number of hydrogen-bond donors (Lipinski definition) is 1. The summed E-state index contributed by atoms with van der Waals surface area (Å²) >= 11 is 1.55. The van der Waals surface area contributed by atoms with Crippen molar-refractivity contribution in [2.24, 2.45) is 5.10 Å². The molecule has 108 valence electrons. The van der Waals surface area contributed by atoms with Gasteiger partial charge in [-0.25, -0.2) is 4.98 Å². The highest BCUT2D eigenvalue weighted by atomic mass is 32.1. The molecule has 1 aromatic carbocycles. The summed E-state index contributed by atoms with van der Waals surface area (Å²) in [5.74, 6) is 0. The lowest BCUT2D eigenvalue weighted by Crippen LogP contribution is -1.97. The molecule has 21 heavy (non-hydrogen) atoms. The Morgan fingerprint density at radius 1 is 1.33 bits per heavy atom. The Bertz CT molecular complexity index is 783. The minimum Gasteiger partial charge on any atom is -0.345 e. The summed E-state index contributed by atoms with van der Waals surface area (Å²) in [4.78, 5) is 4.30. The fraction of sp³-hybridized carbons (Fsp3) is 0.250. The molecular formula is C16H18N4S. The predicted octanol–water partition coefficient (Wildman–Crippen LogP) is 4.43. The second-order valence-corrected chi connectivity index (χ2v) is 6.16. The lowest BCUT2D eigenvalue weighted by molar-refractivity contribution is 0.623. The number of benzene rings is 1. The Labute approximate surface area is 128 Å². The van der Waals surface area contributed by atoms with E-state index in [1.807, 2.05) is 18.5 Å². The van der Waals surface area contributed by atoms with Crippen LogP contribution in [0.2, 0.25) is 0 Å². The minimum absolute atomic E-state index is 0.469. The summed E-state index contributed by atoms with van der Waals surface area (Å²) < 4.78 is 2.27. The molecule has 0 amide bonds. The van der Waals surface area contributed by atoms with Crippen LogP contribution >= 0.6 is 11.3 Å². The van der Waals surface area contributed by atoms with Gasteiger partial charge in [0.15, 0.2) is 0 Å². The van der Waals surface area contributed by atoms with E-state index < -0.39 is 0 Å². The molecule has 3 rings (SSSR count). The minimum atomic E-state index is 0.469. The van der Waals surface area contributed by atoms with E-state index in [1.54, 1.807) is 11.3 Å². The van der Waals surface area contributed by atoms with Crippen LogP contribution in [-0.4, -0.2) is 15.8 Å². The molecule has 3 aromatic rings. The Morgan fingerprint density at radius 2 is 2.19 bits per heavy atom. The van der Waals surface area contributed by atoms with Gasteiger partial charge in [-0.05, 0) is 44.5 Å². The Kier molecular flexibility index (Phi) is 3.75. The van der Waals surface area contributed by atoms with Crippen molar-refractivity contribution in [1.82, 2.24) is 9.55 Å². The molecule has 5 heteroatoms. The zero-order valence-electron chi connectivity index (χ0n) is 12.4. The summed E-state index contributed by atoms with van der Waals surface area (Å²) in [6.45, 7) is 6.35. The average Bonchev–Trinajstić information content (AvgIpc) is 3.04. The number of hydrazone groups is 1.